The van der Waals surface area contributed by atoms with E-state index in [4.69, 9.17) is 9.40 Å². The third-order valence-corrected chi connectivity index (χ3v) is 4.11. The van der Waals surface area contributed by atoms with Gasteiger partial charge in [0, 0.05) is 17.5 Å². The predicted octanol–water partition coefficient (Wildman–Crippen LogP) is 5.89. The van der Waals surface area contributed by atoms with E-state index in [2.05, 4.69) is 39.8 Å². The SMILES string of the molecule is CCCc1oc(-c2ccccc2)nc1-c1c(C)cc(C)cc1C. The molecule has 0 N–H and O–H groups in total. The Morgan fingerprint density at radius 3 is 2.22 bits per heavy atom. The van der Waals surface area contributed by atoms with E-state index < -0.39 is 0 Å². The molecule has 0 amide bonds. The van der Waals surface area contributed by atoms with E-state index in [1.54, 1.807) is 0 Å². The summed E-state index contributed by atoms with van der Waals surface area (Å²) in [5.74, 6) is 1.70. The van der Waals surface area contributed by atoms with Crippen LogP contribution >= 0.6 is 0 Å². The second-order valence-electron chi connectivity index (χ2n) is 6.18. The number of aryl methyl sites for hydroxylation is 4. The Morgan fingerprint density at radius 2 is 1.61 bits per heavy atom. The smallest absolute Gasteiger partial charge is 0.226 e. The average Bonchev–Trinajstić information content (AvgIpc) is 2.91. The third-order valence-electron chi connectivity index (χ3n) is 4.11. The summed E-state index contributed by atoms with van der Waals surface area (Å²) >= 11 is 0. The number of rotatable bonds is 4. The molecule has 0 unspecified atom stereocenters. The van der Waals surface area contributed by atoms with Gasteiger partial charge in [-0.1, -0.05) is 42.8 Å². The van der Waals surface area contributed by atoms with Gasteiger partial charge in [-0.2, -0.15) is 0 Å². The first kappa shape index (κ1) is 15.5. The van der Waals surface area contributed by atoms with Crippen LogP contribution in [0.3, 0.4) is 0 Å². The van der Waals surface area contributed by atoms with E-state index in [9.17, 15) is 0 Å². The molecule has 2 aromatic carbocycles. The predicted molar refractivity (Wildman–Crippen MR) is 95.6 cm³/mol. The molecular weight excluding hydrogens is 282 g/mol. The maximum Gasteiger partial charge on any atom is 0.226 e. The molecule has 0 bridgehead atoms. The van der Waals surface area contributed by atoms with Crippen molar-refractivity contribution in [1.29, 1.82) is 0 Å². The quantitative estimate of drug-likeness (QED) is 0.601. The molecule has 1 aromatic heterocycles. The van der Waals surface area contributed by atoms with Crippen molar-refractivity contribution in [2.45, 2.75) is 40.5 Å². The van der Waals surface area contributed by atoms with Gasteiger partial charge in [-0.05, 0) is 50.5 Å². The molecule has 0 aliphatic carbocycles. The third kappa shape index (κ3) is 3.07. The van der Waals surface area contributed by atoms with Crippen LogP contribution in [0.15, 0.2) is 46.9 Å². The van der Waals surface area contributed by atoms with E-state index in [1.165, 1.54) is 22.3 Å². The van der Waals surface area contributed by atoms with Crippen LogP contribution in [-0.4, -0.2) is 4.98 Å². The summed E-state index contributed by atoms with van der Waals surface area (Å²) < 4.78 is 6.12. The van der Waals surface area contributed by atoms with Crippen molar-refractivity contribution in [3.05, 3.63) is 64.9 Å². The van der Waals surface area contributed by atoms with Gasteiger partial charge in [0.2, 0.25) is 5.89 Å². The van der Waals surface area contributed by atoms with Crippen LogP contribution in [0.2, 0.25) is 0 Å². The fraction of sp³-hybridized carbons (Fsp3) is 0.286. The maximum atomic E-state index is 6.12. The zero-order chi connectivity index (χ0) is 16.4. The number of nitrogens with zero attached hydrogens (tertiary/aromatic N) is 1. The molecule has 0 saturated carbocycles. The van der Waals surface area contributed by atoms with Crippen LogP contribution in [-0.2, 0) is 6.42 Å². The van der Waals surface area contributed by atoms with Crippen molar-refractivity contribution in [2.75, 3.05) is 0 Å². The summed E-state index contributed by atoms with van der Waals surface area (Å²) in [5.41, 5.74) is 7.04. The summed E-state index contributed by atoms with van der Waals surface area (Å²) in [6.45, 7) is 8.61. The highest BCUT2D eigenvalue weighted by Crippen LogP contribution is 2.34. The number of aromatic nitrogens is 1. The van der Waals surface area contributed by atoms with Gasteiger partial charge in [0.25, 0.3) is 0 Å². The van der Waals surface area contributed by atoms with Crippen LogP contribution in [0.5, 0.6) is 0 Å². The van der Waals surface area contributed by atoms with E-state index >= 15 is 0 Å². The minimum atomic E-state index is 0.712. The van der Waals surface area contributed by atoms with E-state index in [0.29, 0.717) is 5.89 Å². The molecule has 0 spiro atoms. The van der Waals surface area contributed by atoms with Gasteiger partial charge in [-0.3, -0.25) is 0 Å². The number of hydrogen-bond donors (Lipinski definition) is 0. The van der Waals surface area contributed by atoms with Gasteiger partial charge < -0.3 is 4.42 Å². The zero-order valence-corrected chi connectivity index (χ0v) is 14.3. The van der Waals surface area contributed by atoms with Crippen molar-refractivity contribution < 1.29 is 4.42 Å². The fourth-order valence-electron chi connectivity index (χ4n) is 3.20. The Bertz CT molecular complexity index is 792. The van der Waals surface area contributed by atoms with Crippen LogP contribution in [0.4, 0.5) is 0 Å². The molecule has 3 rings (SSSR count). The zero-order valence-electron chi connectivity index (χ0n) is 14.3. The van der Waals surface area contributed by atoms with Gasteiger partial charge in [-0.25, -0.2) is 4.98 Å². The molecule has 118 valence electrons. The molecule has 0 atom stereocenters. The van der Waals surface area contributed by atoms with E-state index in [0.717, 1.165) is 29.9 Å². The minimum absolute atomic E-state index is 0.712. The highest BCUT2D eigenvalue weighted by Gasteiger charge is 2.19. The Balaban J connectivity index is 2.17. The minimum Gasteiger partial charge on any atom is -0.441 e. The average molecular weight is 305 g/mol. The summed E-state index contributed by atoms with van der Waals surface area (Å²) in [5, 5.41) is 0. The van der Waals surface area contributed by atoms with Crippen molar-refractivity contribution in [1.82, 2.24) is 4.98 Å². The number of benzene rings is 2. The molecular formula is C21H23NO. The van der Waals surface area contributed by atoms with Gasteiger partial charge in [0.15, 0.2) is 0 Å². The second kappa shape index (κ2) is 6.41. The van der Waals surface area contributed by atoms with Crippen LogP contribution in [0, 0.1) is 20.8 Å². The van der Waals surface area contributed by atoms with Crippen molar-refractivity contribution in [2.24, 2.45) is 0 Å². The van der Waals surface area contributed by atoms with Gasteiger partial charge in [0.1, 0.15) is 11.5 Å². The summed E-state index contributed by atoms with van der Waals surface area (Å²) in [4.78, 5) is 4.85. The summed E-state index contributed by atoms with van der Waals surface area (Å²) in [6, 6.07) is 14.6. The fourth-order valence-corrected chi connectivity index (χ4v) is 3.20. The van der Waals surface area contributed by atoms with Gasteiger partial charge in [0.05, 0.1) is 0 Å². The van der Waals surface area contributed by atoms with Crippen molar-refractivity contribution in [3.63, 3.8) is 0 Å². The lowest BCUT2D eigenvalue weighted by molar-refractivity contribution is 0.515. The largest absolute Gasteiger partial charge is 0.441 e. The molecule has 23 heavy (non-hydrogen) atoms. The Hall–Kier alpha value is -2.35. The van der Waals surface area contributed by atoms with Crippen LogP contribution < -0.4 is 0 Å². The molecule has 1 heterocycles. The highest BCUT2D eigenvalue weighted by molar-refractivity contribution is 5.72. The second-order valence-corrected chi connectivity index (χ2v) is 6.18. The van der Waals surface area contributed by atoms with Crippen LogP contribution in [0.25, 0.3) is 22.7 Å². The summed E-state index contributed by atoms with van der Waals surface area (Å²) in [7, 11) is 0. The topological polar surface area (TPSA) is 26.0 Å². The molecule has 0 aliphatic rings. The van der Waals surface area contributed by atoms with Crippen molar-refractivity contribution >= 4 is 0 Å². The monoisotopic (exact) mass is 305 g/mol. The van der Waals surface area contributed by atoms with E-state index in [1.807, 2.05) is 30.3 Å². The van der Waals surface area contributed by atoms with Gasteiger partial charge >= 0.3 is 0 Å². The molecule has 2 heteroatoms. The molecule has 3 aromatic rings. The Kier molecular flexibility index (Phi) is 4.33. The highest BCUT2D eigenvalue weighted by atomic mass is 16.4. The summed E-state index contributed by atoms with van der Waals surface area (Å²) in [6.07, 6.45) is 1.95. The number of oxazole rings is 1. The normalized spacial score (nSPS) is 11.0. The first-order valence-electron chi connectivity index (χ1n) is 8.23. The van der Waals surface area contributed by atoms with Crippen LogP contribution in [0.1, 0.15) is 35.8 Å². The lowest BCUT2D eigenvalue weighted by atomic mass is 9.96. The molecule has 0 fully saturated rings. The first-order valence-corrected chi connectivity index (χ1v) is 8.23. The molecule has 0 saturated heterocycles. The lowest BCUT2D eigenvalue weighted by Gasteiger charge is -2.10. The van der Waals surface area contributed by atoms with Gasteiger partial charge in [-0.15, -0.1) is 0 Å². The number of hydrogen-bond acceptors (Lipinski definition) is 2. The molecule has 2 nitrogen and oxygen atoms in total. The molecule has 0 aliphatic heterocycles. The standard InChI is InChI=1S/C21H23NO/c1-5-9-18-20(19-15(3)12-14(2)13-16(19)4)22-21(23-18)17-10-7-6-8-11-17/h6-8,10-13H,5,9H2,1-4H3. The van der Waals surface area contributed by atoms with E-state index in [-0.39, 0.29) is 0 Å². The Morgan fingerprint density at radius 1 is 0.957 bits per heavy atom. The first-order chi connectivity index (χ1) is 11.1. The Labute approximate surface area is 138 Å². The molecule has 0 radical (unpaired) electrons. The lowest BCUT2D eigenvalue weighted by Crippen LogP contribution is -1.94. The van der Waals surface area contributed by atoms with Crippen molar-refractivity contribution in [3.8, 4) is 22.7 Å². The maximum absolute atomic E-state index is 6.12.